The SMILES string of the molecule is CC.CNC1C(C)(C)C(Oc2ccc(C#N)c3[nH]c(=O)ccc23)C1(C)C.CNCc1cc(N2CCN(CC3CCN(c4ccc(C=O)cc4F)CC3)CC2)ccc1C=O.O=C1CCCC(=O)N1. The molecule has 15 heteroatoms. The lowest BCUT2D eigenvalue weighted by Crippen LogP contribution is -2.73. The first-order chi connectivity index (χ1) is 32.1. The van der Waals surface area contributed by atoms with Gasteiger partial charge < -0.3 is 30.2 Å². The first-order valence-electron chi connectivity index (χ1n) is 23.6. The Bertz CT molecular complexity index is 2420. The predicted molar refractivity (Wildman–Crippen MR) is 262 cm³/mol. The van der Waals surface area contributed by atoms with E-state index in [0.29, 0.717) is 72.1 Å². The number of aromatic amines is 1. The number of aromatic nitrogens is 1. The molecule has 3 saturated heterocycles. The van der Waals surface area contributed by atoms with Crippen molar-refractivity contribution in [1.82, 2.24) is 25.8 Å². The zero-order chi connectivity index (χ0) is 48.9. The number of amides is 2. The van der Waals surface area contributed by atoms with Gasteiger partial charge in [-0.2, -0.15) is 5.26 Å². The van der Waals surface area contributed by atoms with Gasteiger partial charge in [0.25, 0.3) is 0 Å². The van der Waals surface area contributed by atoms with Gasteiger partial charge in [-0.3, -0.25) is 34.2 Å². The number of piperidine rings is 2. The van der Waals surface area contributed by atoms with Crippen LogP contribution in [0.1, 0.15) is 105 Å². The van der Waals surface area contributed by atoms with E-state index in [-0.39, 0.29) is 40.1 Å². The summed E-state index contributed by atoms with van der Waals surface area (Å²) in [7, 11) is 3.87. The van der Waals surface area contributed by atoms with Gasteiger partial charge in [0.2, 0.25) is 17.4 Å². The number of rotatable bonds is 11. The average Bonchev–Trinajstić information content (AvgIpc) is 3.32. The lowest BCUT2D eigenvalue weighted by atomic mass is 9.49. The third-order valence-electron chi connectivity index (χ3n) is 13.4. The Kier molecular flexibility index (Phi) is 18.4. The molecule has 3 aromatic carbocycles. The smallest absolute Gasteiger partial charge is 0.248 e. The van der Waals surface area contributed by atoms with Gasteiger partial charge in [-0.15, -0.1) is 0 Å². The van der Waals surface area contributed by atoms with E-state index in [1.165, 1.54) is 17.8 Å². The molecule has 4 heterocycles. The fourth-order valence-corrected chi connectivity index (χ4v) is 10.4. The molecule has 4 aromatic rings. The van der Waals surface area contributed by atoms with Crippen LogP contribution in [0.4, 0.5) is 15.8 Å². The van der Waals surface area contributed by atoms with Crippen molar-refractivity contribution in [2.75, 3.05) is 69.7 Å². The number of nitrogens with zero attached hydrogens (tertiary/aromatic N) is 4. The number of ether oxygens (including phenoxy) is 1. The molecule has 1 saturated carbocycles. The third-order valence-corrected chi connectivity index (χ3v) is 13.4. The van der Waals surface area contributed by atoms with E-state index >= 15 is 0 Å². The number of nitriles is 1. The molecular formula is C52H69FN8O6. The topological polar surface area (TPSA) is 180 Å². The molecule has 4 N–H and O–H groups in total. The van der Waals surface area contributed by atoms with Gasteiger partial charge in [-0.05, 0) is 99.4 Å². The molecule has 0 radical (unpaired) electrons. The number of benzene rings is 3. The highest BCUT2D eigenvalue weighted by Gasteiger charge is 2.63. The van der Waals surface area contributed by atoms with Crippen LogP contribution in [0.2, 0.25) is 0 Å². The first kappa shape index (κ1) is 52.0. The summed E-state index contributed by atoms with van der Waals surface area (Å²) in [6.45, 7) is 20.2. The molecule has 3 aliphatic heterocycles. The number of hydrogen-bond acceptors (Lipinski definition) is 12. The van der Waals surface area contributed by atoms with Crippen LogP contribution in [0.3, 0.4) is 0 Å². The Morgan fingerprint density at radius 3 is 2.06 bits per heavy atom. The second kappa shape index (κ2) is 23.7. The van der Waals surface area contributed by atoms with E-state index in [0.717, 1.165) is 81.5 Å². The minimum atomic E-state index is -0.312. The summed E-state index contributed by atoms with van der Waals surface area (Å²) in [6, 6.07) is 20.0. The first-order valence-corrected chi connectivity index (χ1v) is 23.6. The maximum absolute atomic E-state index is 14.3. The van der Waals surface area contributed by atoms with Crippen molar-refractivity contribution in [2.24, 2.45) is 16.7 Å². The summed E-state index contributed by atoms with van der Waals surface area (Å²) in [5.74, 6) is 0.732. The number of halogens is 1. The van der Waals surface area contributed by atoms with Crippen LogP contribution in [-0.2, 0) is 16.1 Å². The van der Waals surface area contributed by atoms with Gasteiger partial charge in [0.1, 0.15) is 36.3 Å². The van der Waals surface area contributed by atoms with Crippen LogP contribution in [0.25, 0.3) is 10.9 Å². The molecule has 0 atom stereocenters. The number of pyridine rings is 1. The molecule has 4 fully saturated rings. The molecular weight excluding hydrogens is 852 g/mol. The van der Waals surface area contributed by atoms with Crippen LogP contribution in [-0.4, -0.2) is 106 Å². The zero-order valence-corrected chi connectivity index (χ0v) is 40.5. The number of carbonyl (C=O) groups is 4. The van der Waals surface area contributed by atoms with Gasteiger partial charge in [0, 0.05) is 110 Å². The summed E-state index contributed by atoms with van der Waals surface area (Å²) >= 11 is 0. The van der Waals surface area contributed by atoms with Gasteiger partial charge in [0.05, 0.1) is 16.8 Å². The highest BCUT2D eigenvalue weighted by atomic mass is 19.1. The number of carbonyl (C=O) groups excluding carboxylic acids is 4. The molecule has 2 amide bonds. The van der Waals surface area contributed by atoms with E-state index < -0.39 is 0 Å². The number of anilines is 2. The second-order valence-corrected chi connectivity index (χ2v) is 18.6. The van der Waals surface area contributed by atoms with Crippen molar-refractivity contribution in [3.8, 4) is 11.8 Å². The van der Waals surface area contributed by atoms with E-state index in [9.17, 15) is 33.6 Å². The average molecular weight is 921 g/mol. The van der Waals surface area contributed by atoms with Crippen LogP contribution in [0.5, 0.6) is 5.75 Å². The van der Waals surface area contributed by atoms with Gasteiger partial charge in [-0.1, -0.05) is 41.5 Å². The summed E-state index contributed by atoms with van der Waals surface area (Å²) in [5.41, 5.74) is 4.64. The lowest BCUT2D eigenvalue weighted by Gasteiger charge is -2.63. The summed E-state index contributed by atoms with van der Waals surface area (Å²) in [6.07, 6.45) is 5.45. The molecule has 0 spiro atoms. The lowest BCUT2D eigenvalue weighted by molar-refractivity contribution is -0.165. The molecule has 0 unspecified atom stereocenters. The molecule has 67 heavy (non-hydrogen) atoms. The Hall–Kier alpha value is -5.95. The van der Waals surface area contributed by atoms with Crippen LogP contribution < -0.4 is 36.0 Å². The van der Waals surface area contributed by atoms with Crippen molar-refractivity contribution in [3.63, 3.8) is 0 Å². The number of aldehydes is 2. The Balaban J connectivity index is 0.000000215. The standard InChI is InChI=1S/C26H33FN4O2.C19H23N3O2.C5H7NO2.C2H6/c1-28-16-23-15-24(4-3-22(23)19-33)30-12-10-29(11-13-30)17-20-6-8-31(9-7-20)26-5-2-21(18-32)14-25(26)27;1-18(2)16(21-5)19(3,4)17(18)24-13-8-6-11(10-20)15-12(13)7-9-14(23)22-15;7-4-2-1-3-5(8)6-4;1-2/h2-5,14-15,18-20,28H,6-13,16-17H2,1H3;6-9,16-17,21H,1-5H3,(H,22,23);1-3H2,(H,6,7,8);1-2H3. The number of hydrogen-bond donors (Lipinski definition) is 4. The quantitative estimate of drug-likeness (QED) is 0.0910. The van der Waals surface area contributed by atoms with Crippen molar-refractivity contribution >= 4 is 46.7 Å². The number of piperazine rings is 1. The highest BCUT2D eigenvalue weighted by Crippen LogP contribution is 2.55. The maximum atomic E-state index is 14.3. The minimum Gasteiger partial charge on any atom is -0.488 e. The minimum absolute atomic E-state index is 0.0190. The van der Waals surface area contributed by atoms with Crippen LogP contribution in [0, 0.1) is 33.9 Å². The molecule has 0 bridgehead atoms. The number of nitrogens with one attached hydrogen (secondary N) is 4. The summed E-state index contributed by atoms with van der Waals surface area (Å²) < 4.78 is 20.7. The van der Waals surface area contributed by atoms with E-state index in [1.54, 1.807) is 24.3 Å². The second-order valence-electron chi connectivity index (χ2n) is 18.6. The Labute approximate surface area is 394 Å². The third kappa shape index (κ3) is 12.5. The number of imide groups is 1. The largest absolute Gasteiger partial charge is 0.488 e. The van der Waals surface area contributed by atoms with Gasteiger partial charge in [-0.25, -0.2) is 4.39 Å². The molecule has 1 aliphatic carbocycles. The maximum Gasteiger partial charge on any atom is 0.248 e. The Morgan fingerprint density at radius 1 is 0.836 bits per heavy atom. The van der Waals surface area contributed by atoms with Crippen molar-refractivity contribution in [3.05, 3.63) is 99.1 Å². The van der Waals surface area contributed by atoms with Crippen LogP contribution >= 0.6 is 0 Å². The fourth-order valence-electron chi connectivity index (χ4n) is 10.4. The molecule has 4 aliphatic rings. The summed E-state index contributed by atoms with van der Waals surface area (Å²) in [5, 5.41) is 18.8. The van der Waals surface area contributed by atoms with Crippen LogP contribution in [0.15, 0.2) is 65.5 Å². The molecule has 14 nitrogen and oxygen atoms in total. The van der Waals surface area contributed by atoms with Crippen molar-refractivity contribution in [2.45, 2.75) is 92.3 Å². The predicted octanol–water partition coefficient (Wildman–Crippen LogP) is 6.85. The van der Waals surface area contributed by atoms with E-state index in [1.807, 2.05) is 40.1 Å². The molecule has 1 aromatic heterocycles. The number of H-pyrrole nitrogens is 1. The highest BCUT2D eigenvalue weighted by molar-refractivity contribution is 5.97. The van der Waals surface area contributed by atoms with Crippen molar-refractivity contribution < 1.29 is 28.3 Å². The normalized spacial score (nSPS) is 20.0. The van der Waals surface area contributed by atoms with Crippen molar-refractivity contribution in [1.29, 1.82) is 5.26 Å². The fraction of sp³-hybridized carbons (Fsp3) is 0.500. The molecule has 8 rings (SSSR count). The van der Waals surface area contributed by atoms with Gasteiger partial charge >= 0.3 is 0 Å². The summed E-state index contributed by atoms with van der Waals surface area (Å²) in [4.78, 5) is 64.2. The van der Waals surface area contributed by atoms with Gasteiger partial charge in [0.15, 0.2) is 0 Å². The monoisotopic (exact) mass is 921 g/mol. The van der Waals surface area contributed by atoms with E-state index in [2.05, 4.69) is 81.5 Å². The molecule has 360 valence electrons. The Morgan fingerprint density at radius 2 is 1.51 bits per heavy atom. The zero-order valence-electron chi connectivity index (χ0n) is 40.5. The number of fused-ring (bicyclic) bond motifs is 1. The van der Waals surface area contributed by atoms with E-state index in [4.69, 9.17) is 4.74 Å².